The van der Waals surface area contributed by atoms with Crippen molar-refractivity contribution in [3.63, 3.8) is 0 Å². The Kier molecular flexibility index (Phi) is 8.41. The van der Waals surface area contributed by atoms with Crippen molar-refractivity contribution in [2.24, 2.45) is 0 Å². The lowest BCUT2D eigenvalue weighted by molar-refractivity contribution is -0.134. The van der Waals surface area contributed by atoms with Gasteiger partial charge in [0.25, 0.3) is 0 Å². The number of pyridine rings is 1. The van der Waals surface area contributed by atoms with Crippen LogP contribution < -0.4 is 4.90 Å². The predicted octanol–water partition coefficient (Wildman–Crippen LogP) is 7.60. The number of hydrogen-bond donors (Lipinski definition) is 1. The molecule has 1 N–H and O–H groups in total. The van der Waals surface area contributed by atoms with Crippen LogP contribution >= 0.6 is 15.9 Å². The van der Waals surface area contributed by atoms with Gasteiger partial charge in [-0.1, -0.05) is 58.4 Å². The van der Waals surface area contributed by atoms with Crippen LogP contribution in [0.15, 0.2) is 77.5 Å². The second kappa shape index (κ2) is 12.2. The van der Waals surface area contributed by atoms with E-state index in [1.54, 1.807) is 0 Å². The zero-order valence-corrected chi connectivity index (χ0v) is 28.3. The monoisotopic (exact) mass is 671 g/mol. The van der Waals surface area contributed by atoms with Crippen molar-refractivity contribution < 1.29 is 14.3 Å². The summed E-state index contributed by atoms with van der Waals surface area (Å²) in [5.74, 6) is -0.450. The molecule has 6 rings (SSSR count). The van der Waals surface area contributed by atoms with E-state index < -0.39 is 17.1 Å². The zero-order valence-electron chi connectivity index (χ0n) is 26.7. The summed E-state index contributed by atoms with van der Waals surface area (Å²) in [6.45, 7) is 12.3. The van der Waals surface area contributed by atoms with E-state index in [2.05, 4.69) is 62.8 Å². The highest BCUT2D eigenvalue weighted by molar-refractivity contribution is 9.10. The Morgan fingerprint density at radius 3 is 2.36 bits per heavy atom. The van der Waals surface area contributed by atoms with Crippen LogP contribution in [-0.4, -0.2) is 75.1 Å². The first-order chi connectivity index (χ1) is 21.4. The predicted molar refractivity (Wildman–Crippen MR) is 182 cm³/mol. The summed E-state index contributed by atoms with van der Waals surface area (Å²) in [5, 5.41) is 1.07. The number of carbonyl (C=O) groups excluding carboxylic acids is 2. The number of fused-ring (bicyclic) bond motifs is 1. The van der Waals surface area contributed by atoms with E-state index >= 15 is 0 Å². The number of aromatic nitrogens is 2. The minimum Gasteiger partial charge on any atom is -0.444 e. The number of aromatic amines is 1. The van der Waals surface area contributed by atoms with Crippen LogP contribution in [0, 0.1) is 0 Å². The number of H-pyrrole nitrogens is 1. The molecular weight excluding hydrogens is 630 g/mol. The number of anilines is 1. The molecule has 2 aromatic heterocycles. The van der Waals surface area contributed by atoms with E-state index in [1.165, 1.54) is 0 Å². The van der Waals surface area contributed by atoms with E-state index in [9.17, 15) is 9.59 Å². The lowest BCUT2D eigenvalue weighted by Gasteiger charge is -2.42. The SMILES string of the molecule is CC(C)(C)OC(=O)N1[C@H]([C@@H](C(=O)N2CCN(c3c(-c4ccccc4)cnc4[nH]ccc34)CC2)c2ccc(Br)cc2)CCC1(C)C. The number of amides is 2. The van der Waals surface area contributed by atoms with Crippen LogP contribution in [0.25, 0.3) is 22.2 Å². The van der Waals surface area contributed by atoms with Gasteiger partial charge >= 0.3 is 6.09 Å². The van der Waals surface area contributed by atoms with Crippen LogP contribution in [-0.2, 0) is 9.53 Å². The minimum atomic E-state index is -0.635. The molecule has 0 bridgehead atoms. The van der Waals surface area contributed by atoms with Gasteiger partial charge in [0.05, 0.1) is 17.6 Å². The first kappa shape index (κ1) is 31.1. The van der Waals surface area contributed by atoms with Gasteiger partial charge in [-0.05, 0) is 76.8 Å². The molecule has 8 nitrogen and oxygen atoms in total. The van der Waals surface area contributed by atoms with E-state index in [0.29, 0.717) is 26.2 Å². The average Bonchev–Trinajstić information content (AvgIpc) is 3.61. The molecule has 0 spiro atoms. The fraction of sp³-hybridized carbons (Fsp3) is 0.417. The summed E-state index contributed by atoms with van der Waals surface area (Å²) in [6, 6.07) is 20.1. The average molecular weight is 673 g/mol. The topological polar surface area (TPSA) is 81.8 Å². The molecule has 236 valence electrons. The summed E-state index contributed by atoms with van der Waals surface area (Å²) in [6.07, 6.45) is 5.02. The van der Waals surface area contributed by atoms with Gasteiger partial charge in [-0.25, -0.2) is 9.78 Å². The molecule has 2 aliphatic heterocycles. The van der Waals surface area contributed by atoms with Crippen molar-refractivity contribution in [2.45, 2.75) is 70.6 Å². The molecule has 4 aromatic rings. The van der Waals surface area contributed by atoms with Gasteiger partial charge in [0.2, 0.25) is 5.91 Å². The molecule has 4 heterocycles. The number of nitrogens with one attached hydrogen (secondary N) is 1. The molecule has 0 saturated carbocycles. The fourth-order valence-corrected chi connectivity index (χ4v) is 7.18. The number of rotatable bonds is 5. The highest BCUT2D eigenvalue weighted by atomic mass is 79.9. The van der Waals surface area contributed by atoms with Gasteiger partial charge in [0, 0.05) is 59.5 Å². The van der Waals surface area contributed by atoms with Gasteiger partial charge < -0.3 is 19.5 Å². The van der Waals surface area contributed by atoms with Crippen LogP contribution in [0.3, 0.4) is 0 Å². The van der Waals surface area contributed by atoms with Gasteiger partial charge in [-0.15, -0.1) is 0 Å². The van der Waals surface area contributed by atoms with E-state index in [0.717, 1.165) is 50.7 Å². The Morgan fingerprint density at radius 1 is 1.00 bits per heavy atom. The summed E-state index contributed by atoms with van der Waals surface area (Å²) < 4.78 is 6.85. The normalized spacial score (nSPS) is 19.2. The van der Waals surface area contributed by atoms with E-state index in [1.807, 2.05) is 85.4 Å². The third kappa shape index (κ3) is 6.32. The summed E-state index contributed by atoms with van der Waals surface area (Å²) in [7, 11) is 0. The maximum Gasteiger partial charge on any atom is 0.411 e. The molecule has 2 saturated heterocycles. The number of nitrogens with zero attached hydrogens (tertiary/aromatic N) is 4. The number of piperazine rings is 1. The lowest BCUT2D eigenvalue weighted by Crippen LogP contribution is -2.55. The Bertz CT molecular complexity index is 1670. The summed E-state index contributed by atoms with van der Waals surface area (Å²) >= 11 is 3.55. The molecule has 2 fully saturated rings. The van der Waals surface area contributed by atoms with Crippen LogP contribution in [0.1, 0.15) is 58.9 Å². The number of hydrogen-bond acceptors (Lipinski definition) is 5. The second-order valence-electron chi connectivity index (χ2n) is 13.7. The Morgan fingerprint density at radius 2 is 1.69 bits per heavy atom. The quantitative estimate of drug-likeness (QED) is 0.236. The minimum absolute atomic E-state index is 0.0537. The maximum atomic E-state index is 14.6. The third-order valence-electron chi connectivity index (χ3n) is 9.06. The molecule has 2 aromatic carbocycles. The lowest BCUT2D eigenvalue weighted by atomic mass is 9.88. The van der Waals surface area contributed by atoms with Crippen LogP contribution in [0.5, 0.6) is 0 Å². The molecule has 2 aliphatic rings. The first-order valence-electron chi connectivity index (χ1n) is 15.8. The number of carbonyl (C=O) groups is 2. The van der Waals surface area contributed by atoms with Crippen molar-refractivity contribution in [2.75, 3.05) is 31.1 Å². The number of halogens is 1. The van der Waals surface area contributed by atoms with Gasteiger partial charge in [0.15, 0.2) is 0 Å². The van der Waals surface area contributed by atoms with Gasteiger partial charge in [0.1, 0.15) is 11.2 Å². The zero-order chi connectivity index (χ0) is 31.9. The number of likely N-dealkylation sites (tertiary alicyclic amines) is 1. The fourth-order valence-electron chi connectivity index (χ4n) is 6.92. The third-order valence-corrected chi connectivity index (χ3v) is 9.59. The Hall–Kier alpha value is -3.85. The summed E-state index contributed by atoms with van der Waals surface area (Å²) in [5.41, 5.74) is 4.03. The smallest absolute Gasteiger partial charge is 0.411 e. The van der Waals surface area contributed by atoms with Crippen molar-refractivity contribution in [1.29, 1.82) is 0 Å². The maximum absolute atomic E-state index is 14.6. The van der Waals surface area contributed by atoms with Crippen molar-refractivity contribution in [3.8, 4) is 11.1 Å². The molecule has 0 aliphatic carbocycles. The van der Waals surface area contributed by atoms with E-state index in [-0.39, 0.29) is 18.0 Å². The largest absolute Gasteiger partial charge is 0.444 e. The highest BCUT2D eigenvalue weighted by Crippen LogP contribution is 2.43. The standard InChI is InChI=1S/C36H42BrN5O3/c1-35(2,3)45-34(44)42-29(15-17-36(42,4)5)30(25-11-13-26(37)14-12-25)33(43)41-21-19-40(20-22-41)31-27-16-18-38-32(27)39-23-28(31)24-9-7-6-8-10-24/h6-14,16,18,23,29-30H,15,17,19-22H2,1-5H3,(H,38,39)/t29-,30-/m0/s1. The number of benzene rings is 2. The molecule has 45 heavy (non-hydrogen) atoms. The number of ether oxygens (including phenoxy) is 1. The van der Waals surface area contributed by atoms with Gasteiger partial charge in [-0.2, -0.15) is 0 Å². The molecule has 0 unspecified atom stereocenters. The molecule has 0 radical (unpaired) electrons. The van der Waals surface area contributed by atoms with Crippen LogP contribution in [0.4, 0.5) is 10.5 Å². The van der Waals surface area contributed by atoms with Crippen LogP contribution in [0.2, 0.25) is 0 Å². The highest BCUT2D eigenvalue weighted by Gasteiger charge is 2.50. The second-order valence-corrected chi connectivity index (χ2v) is 14.7. The Balaban J connectivity index is 1.29. The molecule has 2 amide bonds. The van der Waals surface area contributed by atoms with E-state index in [4.69, 9.17) is 4.74 Å². The van der Waals surface area contributed by atoms with Crippen molar-refractivity contribution in [1.82, 2.24) is 19.8 Å². The van der Waals surface area contributed by atoms with Gasteiger partial charge in [-0.3, -0.25) is 9.69 Å². The first-order valence-corrected chi connectivity index (χ1v) is 16.6. The van der Waals surface area contributed by atoms with Crippen molar-refractivity contribution in [3.05, 3.63) is 83.1 Å². The molecule has 2 atom stereocenters. The van der Waals surface area contributed by atoms with Crippen molar-refractivity contribution >= 4 is 44.7 Å². The molecular formula is C36H42BrN5O3. The Labute approximate surface area is 273 Å². The summed E-state index contributed by atoms with van der Waals surface area (Å²) in [4.78, 5) is 42.5. The molecule has 9 heteroatoms.